The summed E-state index contributed by atoms with van der Waals surface area (Å²) in [6.45, 7) is 14.1. The van der Waals surface area contributed by atoms with Gasteiger partial charge < -0.3 is 33.8 Å². The highest BCUT2D eigenvalue weighted by molar-refractivity contribution is 7.47. The summed E-state index contributed by atoms with van der Waals surface area (Å²) in [4.78, 5) is 72.6. The topological polar surface area (TPSA) is 237 Å². The standard InChI is InChI=1S/C73H142O17P2/c1-9-66(8)52-44-36-31-32-38-46-54-71(76)84-60-69(90-73(78)56-48-40-29-23-22-26-34-42-50-64(4)5)62-88-92(81,82)86-58-67(74)57-85-91(79,80)87-61-68(59-83-70(75)53-45-37-30-24-27-35-43-51-65(6)7)89-72(77)55-47-39-28-21-19-17-15-13-11-10-12-14-16-18-20-25-33-41-49-63(2)3/h63-69,74H,9-62H2,1-8H3,(H,79,80)(H,81,82)/t66?,67?,68-,69-/m1/s1. The number of hydrogen-bond donors (Lipinski definition) is 3. The Morgan fingerprint density at radius 2 is 0.522 bits per heavy atom. The molecular formula is C73H142O17P2. The van der Waals surface area contributed by atoms with E-state index in [0.29, 0.717) is 31.6 Å². The van der Waals surface area contributed by atoms with Crippen LogP contribution < -0.4 is 0 Å². The molecule has 92 heavy (non-hydrogen) atoms. The zero-order valence-corrected chi connectivity index (χ0v) is 62.0. The molecule has 6 atom stereocenters. The van der Waals surface area contributed by atoms with Crippen LogP contribution in [0.4, 0.5) is 0 Å². The van der Waals surface area contributed by atoms with Gasteiger partial charge in [-0.3, -0.25) is 37.3 Å². The molecule has 0 aromatic rings. The molecule has 3 N–H and O–H groups in total. The van der Waals surface area contributed by atoms with Gasteiger partial charge in [-0.25, -0.2) is 9.13 Å². The number of unbranched alkanes of at least 4 members (excludes halogenated alkanes) is 35. The van der Waals surface area contributed by atoms with Gasteiger partial charge in [0.2, 0.25) is 0 Å². The average molecular weight is 1350 g/mol. The molecule has 0 aromatic heterocycles. The second-order valence-corrected chi connectivity index (χ2v) is 30.9. The molecule has 0 amide bonds. The number of phosphoric ester groups is 2. The van der Waals surface area contributed by atoms with Crippen LogP contribution in [0.3, 0.4) is 0 Å². The van der Waals surface area contributed by atoms with E-state index in [1.807, 2.05) is 0 Å². The first kappa shape index (κ1) is 90.1. The summed E-state index contributed by atoms with van der Waals surface area (Å²) in [6, 6.07) is 0. The number of esters is 4. The molecule has 0 heterocycles. The number of rotatable bonds is 70. The van der Waals surface area contributed by atoms with Crippen molar-refractivity contribution >= 4 is 39.5 Å². The van der Waals surface area contributed by atoms with E-state index in [2.05, 4.69) is 55.4 Å². The molecule has 19 heteroatoms. The molecule has 0 saturated carbocycles. The van der Waals surface area contributed by atoms with Crippen molar-refractivity contribution in [2.75, 3.05) is 39.6 Å². The van der Waals surface area contributed by atoms with E-state index >= 15 is 0 Å². The minimum atomic E-state index is -4.95. The van der Waals surface area contributed by atoms with Crippen LogP contribution in [0.5, 0.6) is 0 Å². The molecule has 0 aliphatic rings. The molecular weight excluding hydrogens is 1210 g/mol. The number of carbonyl (C=O) groups is 4. The van der Waals surface area contributed by atoms with Crippen LogP contribution in [0.1, 0.15) is 364 Å². The quantitative estimate of drug-likeness (QED) is 0.0222. The van der Waals surface area contributed by atoms with Gasteiger partial charge in [0, 0.05) is 25.7 Å². The van der Waals surface area contributed by atoms with Crippen molar-refractivity contribution in [2.45, 2.75) is 382 Å². The average Bonchev–Trinajstić information content (AvgIpc) is 2.00. The number of aliphatic hydroxyl groups excluding tert-OH is 1. The van der Waals surface area contributed by atoms with Crippen molar-refractivity contribution in [1.29, 1.82) is 0 Å². The maximum absolute atomic E-state index is 13.0. The van der Waals surface area contributed by atoms with E-state index in [-0.39, 0.29) is 25.7 Å². The third-order valence-electron chi connectivity index (χ3n) is 17.2. The molecule has 546 valence electrons. The Kier molecular flexibility index (Phi) is 61.3. The molecule has 0 fully saturated rings. The molecule has 0 aliphatic carbocycles. The van der Waals surface area contributed by atoms with Crippen molar-refractivity contribution in [3.8, 4) is 0 Å². The van der Waals surface area contributed by atoms with Crippen LogP contribution in [0.25, 0.3) is 0 Å². The lowest BCUT2D eigenvalue weighted by molar-refractivity contribution is -0.161. The van der Waals surface area contributed by atoms with Gasteiger partial charge in [-0.05, 0) is 49.4 Å². The van der Waals surface area contributed by atoms with Gasteiger partial charge in [0.15, 0.2) is 12.2 Å². The summed E-state index contributed by atoms with van der Waals surface area (Å²) in [5.74, 6) is 0.845. The molecule has 0 saturated heterocycles. The number of hydrogen-bond acceptors (Lipinski definition) is 15. The molecule has 0 rings (SSSR count). The van der Waals surface area contributed by atoms with Crippen LogP contribution in [0, 0.1) is 23.7 Å². The second kappa shape index (κ2) is 62.6. The van der Waals surface area contributed by atoms with Crippen molar-refractivity contribution in [2.24, 2.45) is 23.7 Å². The van der Waals surface area contributed by atoms with E-state index in [9.17, 15) is 43.2 Å². The molecule has 17 nitrogen and oxygen atoms in total. The Labute approximate surface area is 562 Å². The second-order valence-electron chi connectivity index (χ2n) is 28.0. The van der Waals surface area contributed by atoms with Crippen molar-refractivity contribution in [3.63, 3.8) is 0 Å². The third kappa shape index (κ3) is 65.4. The van der Waals surface area contributed by atoms with Crippen LogP contribution in [-0.4, -0.2) is 96.7 Å². The lowest BCUT2D eigenvalue weighted by Crippen LogP contribution is -2.30. The molecule has 4 unspecified atom stereocenters. The van der Waals surface area contributed by atoms with Crippen LogP contribution in [-0.2, 0) is 65.4 Å². The SMILES string of the molecule is CCC(C)CCCCCCCCC(=O)OC[C@H](COP(=O)(O)OCC(O)COP(=O)(O)OC[C@@H](COC(=O)CCCCCCCCCC(C)C)OC(=O)CCCCCCCCCCCCCCCCCCCCC(C)C)OC(=O)CCCCCCCCCCC(C)C. The highest BCUT2D eigenvalue weighted by Crippen LogP contribution is 2.45. The van der Waals surface area contributed by atoms with Crippen LogP contribution in [0.2, 0.25) is 0 Å². The Morgan fingerprint density at radius 3 is 0.772 bits per heavy atom. The fourth-order valence-electron chi connectivity index (χ4n) is 11.0. The summed E-state index contributed by atoms with van der Waals surface area (Å²) in [6.07, 6.45) is 46.1. The normalized spacial score (nSPS) is 14.5. The van der Waals surface area contributed by atoms with Crippen molar-refractivity contribution < 1.29 is 80.2 Å². The zero-order valence-electron chi connectivity index (χ0n) is 60.2. The summed E-state index contributed by atoms with van der Waals surface area (Å²) < 4.78 is 68.3. The third-order valence-corrected chi connectivity index (χ3v) is 19.1. The highest BCUT2D eigenvalue weighted by Gasteiger charge is 2.30. The molecule has 0 radical (unpaired) electrons. The maximum Gasteiger partial charge on any atom is 0.472 e. The van der Waals surface area contributed by atoms with E-state index in [1.165, 1.54) is 154 Å². The fraction of sp³-hybridized carbons (Fsp3) is 0.945. The van der Waals surface area contributed by atoms with E-state index in [4.69, 9.17) is 37.0 Å². The van der Waals surface area contributed by atoms with E-state index < -0.39 is 97.5 Å². The number of phosphoric acid groups is 2. The monoisotopic (exact) mass is 1350 g/mol. The Bertz CT molecular complexity index is 1820. The Morgan fingerprint density at radius 1 is 0.304 bits per heavy atom. The van der Waals surface area contributed by atoms with Gasteiger partial charge in [0.05, 0.1) is 26.4 Å². The molecule has 0 bridgehead atoms. The summed E-state index contributed by atoms with van der Waals surface area (Å²) >= 11 is 0. The van der Waals surface area contributed by atoms with E-state index in [0.717, 1.165) is 120 Å². The summed E-state index contributed by atoms with van der Waals surface area (Å²) in [5, 5.41) is 10.6. The first-order chi connectivity index (χ1) is 44.1. The van der Waals surface area contributed by atoms with Gasteiger partial charge >= 0.3 is 39.5 Å². The molecule has 0 aliphatic heterocycles. The predicted molar refractivity (Wildman–Crippen MR) is 372 cm³/mol. The summed E-state index contributed by atoms with van der Waals surface area (Å²) in [5.41, 5.74) is 0. The van der Waals surface area contributed by atoms with Gasteiger partial charge in [-0.2, -0.15) is 0 Å². The number of carbonyl (C=O) groups excluding carboxylic acids is 4. The highest BCUT2D eigenvalue weighted by atomic mass is 31.2. The van der Waals surface area contributed by atoms with Gasteiger partial charge in [-0.1, -0.05) is 312 Å². The van der Waals surface area contributed by atoms with E-state index in [1.54, 1.807) is 0 Å². The fourth-order valence-corrected chi connectivity index (χ4v) is 12.6. The molecule has 0 spiro atoms. The Hall–Kier alpha value is -1.94. The van der Waals surface area contributed by atoms with Gasteiger partial charge in [0.25, 0.3) is 0 Å². The largest absolute Gasteiger partial charge is 0.472 e. The van der Waals surface area contributed by atoms with Gasteiger partial charge in [-0.15, -0.1) is 0 Å². The number of aliphatic hydroxyl groups is 1. The maximum atomic E-state index is 13.0. The summed E-state index contributed by atoms with van der Waals surface area (Å²) in [7, 11) is -9.90. The smallest absolute Gasteiger partial charge is 0.462 e. The first-order valence-corrected chi connectivity index (χ1v) is 40.7. The first-order valence-electron chi connectivity index (χ1n) is 37.7. The predicted octanol–water partition coefficient (Wildman–Crippen LogP) is 20.9. The van der Waals surface area contributed by atoms with Crippen LogP contribution in [0.15, 0.2) is 0 Å². The number of ether oxygens (including phenoxy) is 4. The van der Waals surface area contributed by atoms with Gasteiger partial charge in [0.1, 0.15) is 19.3 Å². The van der Waals surface area contributed by atoms with Crippen LogP contribution >= 0.6 is 15.6 Å². The zero-order chi connectivity index (χ0) is 68.2. The minimum absolute atomic E-state index is 0.103. The molecule has 0 aromatic carbocycles. The Balaban J connectivity index is 5.17. The van der Waals surface area contributed by atoms with Crippen molar-refractivity contribution in [1.82, 2.24) is 0 Å². The lowest BCUT2D eigenvalue weighted by atomic mass is 10.00. The lowest BCUT2D eigenvalue weighted by Gasteiger charge is -2.21. The minimum Gasteiger partial charge on any atom is -0.462 e. The van der Waals surface area contributed by atoms with Crippen molar-refractivity contribution in [3.05, 3.63) is 0 Å².